The van der Waals surface area contributed by atoms with Crippen molar-refractivity contribution in [2.45, 2.75) is 25.0 Å². The van der Waals surface area contributed by atoms with Gasteiger partial charge in [0.15, 0.2) is 12.5 Å². The van der Waals surface area contributed by atoms with Crippen LogP contribution in [0.15, 0.2) is 30.3 Å². The second-order valence-electron chi connectivity index (χ2n) is 3.86. The standard InChI is InChI=1S/C12H13FO4/c13-10-6-9(17-12(10)15)7-16-11(14)8-4-2-1-3-5-8/h1-5,9-10,12,15H,6-7H2/t9-,10-,12-/m0/s1. The zero-order chi connectivity index (χ0) is 12.3. The van der Waals surface area contributed by atoms with Crippen LogP contribution in [-0.4, -0.2) is 36.2 Å². The summed E-state index contributed by atoms with van der Waals surface area (Å²) in [6, 6.07) is 8.50. The van der Waals surface area contributed by atoms with Crippen molar-refractivity contribution in [3.63, 3.8) is 0 Å². The number of rotatable bonds is 3. The van der Waals surface area contributed by atoms with Gasteiger partial charge in [-0.05, 0) is 12.1 Å². The van der Waals surface area contributed by atoms with Crippen LogP contribution >= 0.6 is 0 Å². The molecule has 0 spiro atoms. The molecule has 92 valence electrons. The van der Waals surface area contributed by atoms with Crippen molar-refractivity contribution in [3.05, 3.63) is 35.9 Å². The summed E-state index contributed by atoms with van der Waals surface area (Å²) in [5, 5.41) is 9.01. The number of hydrogen-bond acceptors (Lipinski definition) is 4. The van der Waals surface area contributed by atoms with E-state index in [1.165, 1.54) is 0 Å². The fourth-order valence-corrected chi connectivity index (χ4v) is 1.64. The molecule has 1 heterocycles. The Kier molecular flexibility index (Phi) is 3.71. The fourth-order valence-electron chi connectivity index (χ4n) is 1.64. The third kappa shape index (κ3) is 3.01. The molecule has 1 aliphatic rings. The molecule has 1 fully saturated rings. The number of aliphatic hydroxyl groups is 1. The van der Waals surface area contributed by atoms with Gasteiger partial charge < -0.3 is 14.6 Å². The van der Waals surface area contributed by atoms with Gasteiger partial charge in [0.1, 0.15) is 6.61 Å². The van der Waals surface area contributed by atoms with Crippen molar-refractivity contribution in [2.24, 2.45) is 0 Å². The molecule has 4 nitrogen and oxygen atoms in total. The molecule has 0 aliphatic carbocycles. The summed E-state index contributed by atoms with van der Waals surface area (Å²) in [7, 11) is 0. The molecular weight excluding hydrogens is 227 g/mol. The van der Waals surface area contributed by atoms with Gasteiger partial charge in [-0.3, -0.25) is 0 Å². The van der Waals surface area contributed by atoms with Crippen LogP contribution in [-0.2, 0) is 9.47 Å². The quantitative estimate of drug-likeness (QED) is 0.809. The van der Waals surface area contributed by atoms with Crippen molar-refractivity contribution in [2.75, 3.05) is 6.61 Å². The van der Waals surface area contributed by atoms with Crippen molar-refractivity contribution >= 4 is 5.97 Å². The van der Waals surface area contributed by atoms with Gasteiger partial charge in [-0.15, -0.1) is 0 Å². The number of benzene rings is 1. The number of carbonyl (C=O) groups excluding carboxylic acids is 1. The molecule has 0 saturated carbocycles. The van der Waals surface area contributed by atoms with Crippen molar-refractivity contribution in [1.29, 1.82) is 0 Å². The Labute approximate surface area is 98.0 Å². The number of ether oxygens (including phenoxy) is 2. The summed E-state index contributed by atoms with van der Waals surface area (Å²) in [4.78, 5) is 11.5. The zero-order valence-corrected chi connectivity index (χ0v) is 9.08. The van der Waals surface area contributed by atoms with Crippen LogP contribution < -0.4 is 0 Å². The van der Waals surface area contributed by atoms with Gasteiger partial charge >= 0.3 is 5.97 Å². The van der Waals surface area contributed by atoms with Crippen LogP contribution in [0.4, 0.5) is 4.39 Å². The third-order valence-corrected chi connectivity index (χ3v) is 2.54. The van der Waals surface area contributed by atoms with Crippen molar-refractivity contribution < 1.29 is 23.8 Å². The van der Waals surface area contributed by atoms with Gasteiger partial charge in [-0.1, -0.05) is 18.2 Å². The van der Waals surface area contributed by atoms with E-state index in [1.807, 2.05) is 0 Å². The van der Waals surface area contributed by atoms with E-state index in [-0.39, 0.29) is 13.0 Å². The van der Waals surface area contributed by atoms with E-state index in [4.69, 9.17) is 14.6 Å². The van der Waals surface area contributed by atoms with Crippen LogP contribution in [0.3, 0.4) is 0 Å². The average molecular weight is 240 g/mol. The van der Waals surface area contributed by atoms with E-state index in [0.29, 0.717) is 5.56 Å². The lowest BCUT2D eigenvalue weighted by molar-refractivity contribution is -0.121. The first-order chi connectivity index (χ1) is 8.16. The van der Waals surface area contributed by atoms with Gasteiger partial charge in [0.25, 0.3) is 0 Å². The fraction of sp³-hybridized carbons (Fsp3) is 0.417. The highest BCUT2D eigenvalue weighted by Crippen LogP contribution is 2.21. The molecule has 0 amide bonds. The summed E-state index contributed by atoms with van der Waals surface area (Å²) in [5.41, 5.74) is 0.433. The van der Waals surface area contributed by atoms with Gasteiger partial charge in [0.05, 0.1) is 11.7 Å². The predicted molar refractivity (Wildman–Crippen MR) is 57.1 cm³/mol. The van der Waals surface area contributed by atoms with Gasteiger partial charge in [-0.25, -0.2) is 9.18 Å². The zero-order valence-electron chi connectivity index (χ0n) is 9.08. The highest BCUT2D eigenvalue weighted by molar-refractivity contribution is 5.89. The normalized spacial score (nSPS) is 28.0. The Bertz CT molecular complexity index is 371. The van der Waals surface area contributed by atoms with E-state index < -0.39 is 24.5 Å². The lowest BCUT2D eigenvalue weighted by Crippen LogP contribution is -2.19. The SMILES string of the molecule is O=C(OC[C@@H]1C[C@H](F)[C@@H](O)O1)c1ccccc1. The number of hydrogen-bond donors (Lipinski definition) is 1. The summed E-state index contributed by atoms with van der Waals surface area (Å²) in [6.07, 6.45) is -3.35. The van der Waals surface area contributed by atoms with E-state index >= 15 is 0 Å². The molecular formula is C12H13FO4. The Morgan fingerprint density at radius 1 is 1.47 bits per heavy atom. The van der Waals surface area contributed by atoms with Gasteiger partial charge in [0, 0.05) is 6.42 Å². The predicted octanol–water partition coefficient (Wildman–Crippen LogP) is 1.29. The van der Waals surface area contributed by atoms with E-state index in [2.05, 4.69) is 0 Å². The van der Waals surface area contributed by atoms with Crippen LogP contribution in [0.5, 0.6) is 0 Å². The maximum Gasteiger partial charge on any atom is 0.338 e. The summed E-state index contributed by atoms with van der Waals surface area (Å²) in [6.45, 7) is -0.0504. The van der Waals surface area contributed by atoms with Gasteiger partial charge in [0.2, 0.25) is 0 Å². The number of carbonyl (C=O) groups is 1. The highest BCUT2D eigenvalue weighted by atomic mass is 19.1. The minimum Gasteiger partial charge on any atom is -0.459 e. The van der Waals surface area contributed by atoms with Crippen LogP contribution in [0.25, 0.3) is 0 Å². The minimum atomic E-state index is -1.41. The van der Waals surface area contributed by atoms with E-state index in [9.17, 15) is 9.18 Å². The largest absolute Gasteiger partial charge is 0.459 e. The minimum absolute atomic E-state index is 0.0449. The number of halogens is 1. The second kappa shape index (κ2) is 5.25. The molecule has 1 saturated heterocycles. The summed E-state index contributed by atoms with van der Waals surface area (Å²) in [5.74, 6) is -0.481. The Morgan fingerprint density at radius 2 is 2.18 bits per heavy atom. The van der Waals surface area contributed by atoms with E-state index in [0.717, 1.165) is 0 Å². The molecule has 5 heteroatoms. The smallest absolute Gasteiger partial charge is 0.338 e. The first kappa shape index (κ1) is 12.0. The van der Waals surface area contributed by atoms with Crippen LogP contribution in [0.1, 0.15) is 16.8 Å². The van der Waals surface area contributed by atoms with E-state index in [1.54, 1.807) is 30.3 Å². The molecule has 1 aliphatic heterocycles. The molecule has 3 atom stereocenters. The molecule has 0 unspecified atom stereocenters. The number of alkyl halides is 1. The molecule has 1 aromatic carbocycles. The Balaban J connectivity index is 1.81. The lowest BCUT2D eigenvalue weighted by Gasteiger charge is -2.10. The van der Waals surface area contributed by atoms with Crippen LogP contribution in [0.2, 0.25) is 0 Å². The highest BCUT2D eigenvalue weighted by Gasteiger charge is 2.34. The maximum absolute atomic E-state index is 12.9. The maximum atomic E-state index is 12.9. The Morgan fingerprint density at radius 3 is 2.76 bits per heavy atom. The number of aliphatic hydroxyl groups excluding tert-OH is 1. The molecule has 0 radical (unpaired) electrons. The third-order valence-electron chi connectivity index (χ3n) is 2.54. The van der Waals surface area contributed by atoms with Gasteiger partial charge in [-0.2, -0.15) is 0 Å². The monoisotopic (exact) mass is 240 g/mol. The molecule has 17 heavy (non-hydrogen) atoms. The number of esters is 1. The average Bonchev–Trinajstić information content (AvgIpc) is 2.67. The molecule has 1 N–H and O–H groups in total. The second-order valence-corrected chi connectivity index (χ2v) is 3.86. The topological polar surface area (TPSA) is 55.8 Å². The molecule has 0 bridgehead atoms. The lowest BCUT2D eigenvalue weighted by atomic mass is 10.2. The summed E-state index contributed by atoms with van der Waals surface area (Å²) < 4.78 is 22.7. The van der Waals surface area contributed by atoms with Crippen LogP contribution in [0, 0.1) is 0 Å². The Hall–Kier alpha value is -1.46. The molecule has 1 aromatic rings. The molecule has 0 aromatic heterocycles. The summed E-state index contributed by atoms with van der Waals surface area (Å²) >= 11 is 0. The molecule has 2 rings (SSSR count). The first-order valence-electron chi connectivity index (χ1n) is 5.36. The first-order valence-corrected chi connectivity index (χ1v) is 5.36. The van der Waals surface area contributed by atoms with Crippen molar-refractivity contribution in [3.8, 4) is 0 Å². The van der Waals surface area contributed by atoms with Crippen molar-refractivity contribution in [1.82, 2.24) is 0 Å².